The van der Waals surface area contributed by atoms with Crippen LogP contribution in [0.15, 0.2) is 0 Å². The molecule has 1 atom stereocenters. The lowest BCUT2D eigenvalue weighted by molar-refractivity contribution is 0.0997. The minimum atomic E-state index is 0. The van der Waals surface area contributed by atoms with E-state index in [2.05, 4.69) is 11.8 Å². The standard InChI is InChI=1S/C9H20N2OS.ClH/c1-9-8-13-7-4-11(9)3-6-12-5-2-10;/h9H,2-8,10H2,1H3;1H. The van der Waals surface area contributed by atoms with Crippen molar-refractivity contribution in [3.05, 3.63) is 0 Å². The van der Waals surface area contributed by atoms with Crippen LogP contribution in [-0.4, -0.2) is 55.3 Å². The summed E-state index contributed by atoms with van der Waals surface area (Å²) in [7, 11) is 0. The van der Waals surface area contributed by atoms with Crippen LogP contribution in [0, 0.1) is 0 Å². The number of nitrogens with zero attached hydrogens (tertiary/aromatic N) is 1. The van der Waals surface area contributed by atoms with Gasteiger partial charge in [0.05, 0.1) is 13.2 Å². The lowest BCUT2D eigenvalue weighted by atomic mass is 10.3. The van der Waals surface area contributed by atoms with E-state index in [0.717, 1.165) is 13.2 Å². The SMILES string of the molecule is CC1CSCCN1CCOCCN.Cl. The van der Waals surface area contributed by atoms with Crippen molar-refractivity contribution in [1.29, 1.82) is 0 Å². The molecule has 3 nitrogen and oxygen atoms in total. The summed E-state index contributed by atoms with van der Waals surface area (Å²) in [5.74, 6) is 2.53. The van der Waals surface area contributed by atoms with Crippen molar-refractivity contribution in [2.24, 2.45) is 5.73 Å². The van der Waals surface area contributed by atoms with Crippen molar-refractivity contribution >= 4 is 24.2 Å². The third-order valence-corrected chi connectivity index (χ3v) is 3.48. The molecule has 86 valence electrons. The molecule has 5 heteroatoms. The first kappa shape index (κ1) is 14.5. The Kier molecular flexibility index (Phi) is 9.13. The van der Waals surface area contributed by atoms with Gasteiger partial charge < -0.3 is 10.5 Å². The predicted molar refractivity (Wildman–Crippen MR) is 65.5 cm³/mol. The molecule has 2 N–H and O–H groups in total. The van der Waals surface area contributed by atoms with Gasteiger partial charge in [0.25, 0.3) is 0 Å². The van der Waals surface area contributed by atoms with Gasteiger partial charge in [0.15, 0.2) is 0 Å². The van der Waals surface area contributed by atoms with Gasteiger partial charge >= 0.3 is 0 Å². The Morgan fingerprint density at radius 1 is 1.50 bits per heavy atom. The first-order valence-corrected chi connectivity index (χ1v) is 6.09. The molecule has 0 spiro atoms. The summed E-state index contributed by atoms with van der Waals surface area (Å²) in [4.78, 5) is 2.49. The number of rotatable bonds is 5. The van der Waals surface area contributed by atoms with Crippen molar-refractivity contribution in [3.63, 3.8) is 0 Å². The van der Waals surface area contributed by atoms with E-state index in [0.29, 0.717) is 19.2 Å². The Morgan fingerprint density at radius 3 is 2.93 bits per heavy atom. The van der Waals surface area contributed by atoms with Crippen molar-refractivity contribution in [3.8, 4) is 0 Å². The topological polar surface area (TPSA) is 38.5 Å². The van der Waals surface area contributed by atoms with Crippen LogP contribution in [0.2, 0.25) is 0 Å². The largest absolute Gasteiger partial charge is 0.379 e. The molecule has 0 aromatic carbocycles. The molecule has 0 radical (unpaired) electrons. The van der Waals surface area contributed by atoms with E-state index in [1.165, 1.54) is 18.1 Å². The zero-order valence-corrected chi connectivity index (χ0v) is 10.4. The maximum absolute atomic E-state index is 5.36. The Hall–Kier alpha value is 0.520. The molecule has 1 fully saturated rings. The van der Waals surface area contributed by atoms with Gasteiger partial charge in [0.2, 0.25) is 0 Å². The summed E-state index contributed by atoms with van der Waals surface area (Å²) in [6.45, 7) is 6.70. The lowest BCUT2D eigenvalue weighted by Gasteiger charge is -2.32. The molecule has 0 aromatic rings. The van der Waals surface area contributed by atoms with E-state index < -0.39 is 0 Å². The van der Waals surface area contributed by atoms with Crippen LogP contribution < -0.4 is 5.73 Å². The van der Waals surface area contributed by atoms with Gasteiger partial charge in [0, 0.05) is 37.2 Å². The quantitative estimate of drug-likeness (QED) is 0.723. The molecule has 1 unspecified atom stereocenters. The predicted octanol–water partition coefficient (Wildman–Crippen LogP) is 0.821. The van der Waals surface area contributed by atoms with Gasteiger partial charge in [-0.25, -0.2) is 0 Å². The van der Waals surface area contributed by atoms with Gasteiger partial charge in [-0.3, -0.25) is 4.90 Å². The molecule has 0 saturated carbocycles. The number of hydrogen-bond donors (Lipinski definition) is 1. The molecule has 14 heavy (non-hydrogen) atoms. The second-order valence-corrected chi connectivity index (χ2v) is 4.51. The van der Waals surface area contributed by atoms with E-state index in [1.807, 2.05) is 11.8 Å². The average molecular weight is 241 g/mol. The molecule has 1 saturated heterocycles. The fraction of sp³-hybridized carbons (Fsp3) is 1.00. The summed E-state index contributed by atoms with van der Waals surface area (Å²) in [6.07, 6.45) is 0. The third kappa shape index (κ3) is 5.41. The smallest absolute Gasteiger partial charge is 0.0594 e. The van der Waals surface area contributed by atoms with Gasteiger partial charge in [0.1, 0.15) is 0 Å². The highest BCUT2D eigenvalue weighted by Gasteiger charge is 2.17. The number of ether oxygens (including phenoxy) is 1. The minimum absolute atomic E-state index is 0. The van der Waals surface area contributed by atoms with Crippen LogP contribution in [0.5, 0.6) is 0 Å². The van der Waals surface area contributed by atoms with E-state index >= 15 is 0 Å². The van der Waals surface area contributed by atoms with Crippen LogP contribution in [0.3, 0.4) is 0 Å². The maximum atomic E-state index is 5.36. The van der Waals surface area contributed by atoms with Gasteiger partial charge in [-0.2, -0.15) is 11.8 Å². The summed E-state index contributed by atoms with van der Waals surface area (Å²) < 4.78 is 5.36. The Balaban J connectivity index is 0.00000169. The molecular formula is C9H21ClN2OS. The fourth-order valence-electron chi connectivity index (χ4n) is 1.46. The number of thioether (sulfide) groups is 1. The monoisotopic (exact) mass is 240 g/mol. The molecule has 0 bridgehead atoms. The Labute approximate surface area is 97.1 Å². The summed E-state index contributed by atoms with van der Waals surface area (Å²) in [5, 5.41) is 0. The summed E-state index contributed by atoms with van der Waals surface area (Å²) >= 11 is 2.05. The maximum Gasteiger partial charge on any atom is 0.0594 e. The molecule has 0 aliphatic carbocycles. The van der Waals surface area contributed by atoms with Gasteiger partial charge in [-0.1, -0.05) is 0 Å². The number of nitrogens with two attached hydrogens (primary N) is 1. The number of hydrogen-bond acceptors (Lipinski definition) is 4. The van der Waals surface area contributed by atoms with Crippen molar-refractivity contribution < 1.29 is 4.74 Å². The summed E-state index contributed by atoms with van der Waals surface area (Å²) in [6, 6.07) is 0.709. The van der Waals surface area contributed by atoms with E-state index in [4.69, 9.17) is 10.5 Å². The van der Waals surface area contributed by atoms with Crippen LogP contribution in [-0.2, 0) is 4.74 Å². The normalized spacial score (nSPS) is 23.1. The van der Waals surface area contributed by atoms with Gasteiger partial charge in [-0.05, 0) is 6.92 Å². The Morgan fingerprint density at radius 2 is 2.29 bits per heavy atom. The summed E-state index contributed by atoms with van der Waals surface area (Å²) in [5.41, 5.74) is 5.33. The minimum Gasteiger partial charge on any atom is -0.379 e. The average Bonchev–Trinajstić information content (AvgIpc) is 2.15. The molecule has 1 aliphatic heterocycles. The fourth-order valence-corrected chi connectivity index (χ4v) is 2.54. The van der Waals surface area contributed by atoms with Crippen molar-refractivity contribution in [1.82, 2.24) is 4.90 Å². The third-order valence-electron chi connectivity index (χ3n) is 2.29. The zero-order valence-electron chi connectivity index (χ0n) is 8.78. The highest BCUT2D eigenvalue weighted by Crippen LogP contribution is 2.14. The molecule has 0 amide bonds. The molecular weight excluding hydrogens is 220 g/mol. The van der Waals surface area contributed by atoms with Crippen LogP contribution in [0.1, 0.15) is 6.92 Å². The number of halogens is 1. The zero-order chi connectivity index (χ0) is 9.52. The van der Waals surface area contributed by atoms with Crippen LogP contribution in [0.4, 0.5) is 0 Å². The van der Waals surface area contributed by atoms with Gasteiger partial charge in [-0.15, -0.1) is 12.4 Å². The van der Waals surface area contributed by atoms with Crippen LogP contribution in [0.25, 0.3) is 0 Å². The highest BCUT2D eigenvalue weighted by molar-refractivity contribution is 7.99. The van der Waals surface area contributed by atoms with E-state index in [-0.39, 0.29) is 12.4 Å². The Bertz CT molecular complexity index is 140. The van der Waals surface area contributed by atoms with Crippen LogP contribution >= 0.6 is 24.2 Å². The van der Waals surface area contributed by atoms with Crippen molar-refractivity contribution in [2.75, 3.05) is 44.4 Å². The molecule has 1 rings (SSSR count). The highest BCUT2D eigenvalue weighted by atomic mass is 35.5. The lowest BCUT2D eigenvalue weighted by Crippen LogP contribution is -2.42. The van der Waals surface area contributed by atoms with E-state index in [1.54, 1.807) is 0 Å². The molecule has 1 heterocycles. The van der Waals surface area contributed by atoms with Crippen molar-refractivity contribution in [2.45, 2.75) is 13.0 Å². The molecule has 0 aromatic heterocycles. The second kappa shape index (κ2) is 8.80. The van der Waals surface area contributed by atoms with E-state index in [9.17, 15) is 0 Å². The molecule has 1 aliphatic rings. The first-order valence-electron chi connectivity index (χ1n) is 4.94. The second-order valence-electron chi connectivity index (χ2n) is 3.36. The first-order chi connectivity index (χ1) is 6.34.